The van der Waals surface area contributed by atoms with Crippen molar-refractivity contribution in [3.8, 4) is 5.88 Å². The van der Waals surface area contributed by atoms with Crippen molar-refractivity contribution in [1.29, 1.82) is 0 Å². The average Bonchev–Trinajstić information content (AvgIpc) is 2.62. The Labute approximate surface area is 107 Å². The molecule has 6 nitrogen and oxygen atoms in total. The summed E-state index contributed by atoms with van der Waals surface area (Å²) >= 11 is 4.46. The first-order valence-electron chi connectivity index (χ1n) is 4.40. The SMILES string of the molecule is O=C(Nc1ncc(Br)s1)c1cc(O)[nH]c(=O)c1. The normalized spacial score (nSPS) is 10.2. The highest BCUT2D eigenvalue weighted by Gasteiger charge is 2.10. The molecule has 0 unspecified atom stereocenters. The number of carbonyl (C=O) groups excluding carboxylic acids is 1. The van der Waals surface area contributed by atoms with Crippen molar-refractivity contribution in [3.05, 3.63) is 38.0 Å². The van der Waals surface area contributed by atoms with E-state index in [4.69, 9.17) is 5.11 Å². The van der Waals surface area contributed by atoms with Gasteiger partial charge in [-0.3, -0.25) is 19.9 Å². The number of halogens is 1. The molecule has 0 atom stereocenters. The molecule has 0 aliphatic rings. The first-order valence-corrected chi connectivity index (χ1v) is 6.01. The molecule has 0 bridgehead atoms. The number of aromatic amines is 1. The molecule has 17 heavy (non-hydrogen) atoms. The maximum Gasteiger partial charge on any atom is 0.257 e. The maximum absolute atomic E-state index is 11.7. The van der Waals surface area contributed by atoms with Crippen LogP contribution in [0.15, 0.2) is 26.9 Å². The lowest BCUT2D eigenvalue weighted by Crippen LogP contribution is -2.15. The summed E-state index contributed by atoms with van der Waals surface area (Å²) in [6, 6.07) is 2.26. The van der Waals surface area contributed by atoms with E-state index >= 15 is 0 Å². The summed E-state index contributed by atoms with van der Waals surface area (Å²) < 4.78 is 0.779. The predicted molar refractivity (Wildman–Crippen MR) is 66.5 cm³/mol. The van der Waals surface area contributed by atoms with Gasteiger partial charge in [0.15, 0.2) is 11.0 Å². The van der Waals surface area contributed by atoms with Crippen molar-refractivity contribution in [2.75, 3.05) is 5.32 Å². The molecule has 2 heterocycles. The summed E-state index contributed by atoms with van der Waals surface area (Å²) in [5, 5.41) is 12.1. The molecule has 1 amide bonds. The van der Waals surface area contributed by atoms with E-state index < -0.39 is 11.5 Å². The molecule has 8 heteroatoms. The van der Waals surface area contributed by atoms with Crippen LogP contribution in [0.4, 0.5) is 5.13 Å². The highest BCUT2D eigenvalue weighted by molar-refractivity contribution is 9.11. The Balaban J connectivity index is 2.22. The Hall–Kier alpha value is -1.67. The smallest absolute Gasteiger partial charge is 0.257 e. The number of anilines is 1. The Bertz CT molecular complexity index is 622. The van der Waals surface area contributed by atoms with Gasteiger partial charge < -0.3 is 5.11 Å². The van der Waals surface area contributed by atoms with Crippen LogP contribution in [-0.4, -0.2) is 21.0 Å². The van der Waals surface area contributed by atoms with Crippen LogP contribution in [-0.2, 0) is 0 Å². The molecule has 0 fully saturated rings. The fraction of sp³-hybridized carbons (Fsp3) is 0. The molecule has 0 spiro atoms. The molecule has 3 N–H and O–H groups in total. The monoisotopic (exact) mass is 315 g/mol. The van der Waals surface area contributed by atoms with Gasteiger partial charge in [-0.05, 0) is 15.9 Å². The van der Waals surface area contributed by atoms with Gasteiger partial charge in [0, 0.05) is 12.1 Å². The topological polar surface area (TPSA) is 95.1 Å². The fourth-order valence-electron chi connectivity index (χ4n) is 1.14. The van der Waals surface area contributed by atoms with E-state index in [0.717, 1.165) is 9.85 Å². The standard InChI is InChI=1S/C9H6BrN3O3S/c10-5-3-11-9(17-5)13-8(16)4-1-6(14)12-7(15)2-4/h1-3H,(H,11,13,16)(H2,12,14,15). The maximum atomic E-state index is 11.7. The van der Waals surface area contributed by atoms with E-state index in [-0.39, 0.29) is 11.4 Å². The number of aromatic hydroxyl groups is 1. The Morgan fingerprint density at radius 2 is 2.29 bits per heavy atom. The number of thiazole rings is 1. The van der Waals surface area contributed by atoms with Gasteiger partial charge >= 0.3 is 0 Å². The molecule has 0 saturated heterocycles. The number of hydrogen-bond donors (Lipinski definition) is 3. The van der Waals surface area contributed by atoms with E-state index in [0.29, 0.717) is 5.13 Å². The van der Waals surface area contributed by atoms with Crippen LogP contribution in [0.3, 0.4) is 0 Å². The van der Waals surface area contributed by atoms with Gasteiger partial charge in [-0.25, -0.2) is 4.98 Å². The van der Waals surface area contributed by atoms with Gasteiger partial charge in [-0.2, -0.15) is 0 Å². The van der Waals surface area contributed by atoms with Crippen molar-refractivity contribution in [2.45, 2.75) is 0 Å². The summed E-state index contributed by atoms with van der Waals surface area (Å²) in [6.45, 7) is 0. The van der Waals surface area contributed by atoms with E-state index in [1.807, 2.05) is 0 Å². The zero-order valence-corrected chi connectivity index (χ0v) is 10.6. The zero-order valence-electron chi connectivity index (χ0n) is 8.23. The molecule has 2 aromatic heterocycles. The van der Waals surface area contributed by atoms with Crippen LogP contribution in [0.2, 0.25) is 0 Å². The summed E-state index contributed by atoms with van der Waals surface area (Å²) in [6.07, 6.45) is 1.55. The Morgan fingerprint density at radius 1 is 1.53 bits per heavy atom. The van der Waals surface area contributed by atoms with Crippen LogP contribution in [0, 0.1) is 0 Å². The van der Waals surface area contributed by atoms with Gasteiger partial charge in [-0.1, -0.05) is 11.3 Å². The fourth-order valence-corrected chi connectivity index (χ4v) is 2.24. The van der Waals surface area contributed by atoms with Gasteiger partial charge in [0.05, 0.1) is 15.5 Å². The average molecular weight is 316 g/mol. The van der Waals surface area contributed by atoms with Crippen LogP contribution in [0.25, 0.3) is 0 Å². The Morgan fingerprint density at radius 3 is 2.88 bits per heavy atom. The van der Waals surface area contributed by atoms with Crippen molar-refractivity contribution in [3.63, 3.8) is 0 Å². The highest BCUT2D eigenvalue weighted by Crippen LogP contribution is 2.23. The van der Waals surface area contributed by atoms with Gasteiger partial charge in [0.25, 0.3) is 11.5 Å². The van der Waals surface area contributed by atoms with Crippen molar-refractivity contribution in [2.24, 2.45) is 0 Å². The summed E-state index contributed by atoms with van der Waals surface area (Å²) in [5.74, 6) is -0.865. The molecular formula is C9H6BrN3O3S. The summed E-state index contributed by atoms with van der Waals surface area (Å²) in [7, 11) is 0. The van der Waals surface area contributed by atoms with E-state index in [1.54, 1.807) is 6.20 Å². The highest BCUT2D eigenvalue weighted by atomic mass is 79.9. The lowest BCUT2D eigenvalue weighted by Gasteiger charge is -2.01. The quantitative estimate of drug-likeness (QED) is 0.783. The van der Waals surface area contributed by atoms with Crippen molar-refractivity contribution in [1.82, 2.24) is 9.97 Å². The molecule has 0 saturated carbocycles. The van der Waals surface area contributed by atoms with Gasteiger partial charge in [-0.15, -0.1) is 0 Å². The van der Waals surface area contributed by atoms with E-state index in [2.05, 4.69) is 31.2 Å². The minimum atomic E-state index is -0.546. The van der Waals surface area contributed by atoms with Crippen LogP contribution in [0.1, 0.15) is 10.4 Å². The lowest BCUT2D eigenvalue weighted by molar-refractivity contribution is 0.102. The summed E-state index contributed by atoms with van der Waals surface area (Å²) in [4.78, 5) is 28.8. The minimum Gasteiger partial charge on any atom is -0.494 e. The largest absolute Gasteiger partial charge is 0.494 e. The number of H-pyrrole nitrogens is 1. The minimum absolute atomic E-state index is 0.0672. The van der Waals surface area contributed by atoms with Crippen LogP contribution < -0.4 is 10.9 Å². The number of pyridine rings is 1. The first kappa shape index (κ1) is 11.8. The van der Waals surface area contributed by atoms with Gasteiger partial charge in [0.2, 0.25) is 0 Å². The molecule has 2 rings (SSSR count). The number of carbonyl (C=O) groups is 1. The lowest BCUT2D eigenvalue weighted by atomic mass is 10.2. The second-order valence-corrected chi connectivity index (χ2v) is 5.45. The number of nitrogens with zero attached hydrogens (tertiary/aromatic N) is 1. The molecule has 0 aliphatic carbocycles. The summed E-state index contributed by atoms with van der Waals surface area (Å²) in [5.41, 5.74) is -0.479. The number of hydrogen-bond acceptors (Lipinski definition) is 5. The van der Waals surface area contributed by atoms with Gasteiger partial charge in [0.1, 0.15) is 0 Å². The molecule has 0 radical (unpaired) electrons. The Kier molecular flexibility index (Phi) is 3.25. The molecular weight excluding hydrogens is 310 g/mol. The number of rotatable bonds is 2. The number of nitrogens with one attached hydrogen (secondary N) is 2. The first-order chi connectivity index (χ1) is 8.04. The molecule has 88 valence electrons. The van der Waals surface area contributed by atoms with Crippen molar-refractivity contribution >= 4 is 38.3 Å². The molecule has 0 aliphatic heterocycles. The third-order valence-corrected chi connectivity index (χ3v) is 3.18. The number of aromatic nitrogens is 2. The third-order valence-electron chi connectivity index (χ3n) is 1.79. The second kappa shape index (κ2) is 4.68. The zero-order chi connectivity index (χ0) is 12.4. The predicted octanol–water partition coefficient (Wildman–Crippen LogP) is 1.55. The second-order valence-electron chi connectivity index (χ2n) is 3.04. The molecule has 0 aromatic carbocycles. The van der Waals surface area contributed by atoms with E-state index in [1.165, 1.54) is 17.4 Å². The van der Waals surface area contributed by atoms with Crippen LogP contribution in [0.5, 0.6) is 5.88 Å². The van der Waals surface area contributed by atoms with Crippen molar-refractivity contribution < 1.29 is 9.90 Å². The number of amides is 1. The third kappa shape index (κ3) is 2.92. The van der Waals surface area contributed by atoms with E-state index in [9.17, 15) is 9.59 Å². The molecule has 2 aromatic rings. The van der Waals surface area contributed by atoms with Crippen LogP contribution >= 0.6 is 27.3 Å².